The molecule has 0 amide bonds. The molecule has 0 aromatic heterocycles. The fraction of sp³-hybridized carbons (Fsp3) is 0.857. The van der Waals surface area contributed by atoms with E-state index in [1.54, 1.807) is 0 Å². The molecular formula is C21H36O6. The molecule has 1 aliphatic carbocycles. The fourth-order valence-electron chi connectivity index (χ4n) is 4.31. The summed E-state index contributed by atoms with van der Waals surface area (Å²) in [5.74, 6) is 0.500. The number of aliphatic hydroxyl groups is 4. The summed E-state index contributed by atoms with van der Waals surface area (Å²) in [7, 11) is 0. The van der Waals surface area contributed by atoms with Gasteiger partial charge in [0.2, 0.25) is 0 Å². The summed E-state index contributed by atoms with van der Waals surface area (Å²) in [5.41, 5.74) is 0.389. The minimum atomic E-state index is -1.45. The van der Waals surface area contributed by atoms with E-state index in [2.05, 4.69) is 13.8 Å². The van der Waals surface area contributed by atoms with Crippen LogP contribution in [-0.4, -0.2) is 63.3 Å². The van der Waals surface area contributed by atoms with E-state index < -0.39 is 37.1 Å². The molecule has 156 valence electrons. The molecule has 0 spiro atoms. The molecule has 6 heteroatoms. The van der Waals surface area contributed by atoms with Crippen molar-refractivity contribution in [2.75, 3.05) is 6.61 Å². The number of allylic oxidation sites excluding steroid dienone is 1. The predicted octanol–water partition coefficient (Wildman–Crippen LogP) is 1.73. The summed E-state index contributed by atoms with van der Waals surface area (Å²) in [6, 6.07) is 0. The molecule has 0 bridgehead atoms. The van der Waals surface area contributed by atoms with Crippen molar-refractivity contribution in [3.05, 3.63) is 11.6 Å². The molecule has 0 saturated carbocycles. The third-order valence-electron chi connectivity index (χ3n) is 6.04. The molecule has 1 heterocycles. The molecule has 1 saturated heterocycles. The van der Waals surface area contributed by atoms with Gasteiger partial charge in [-0.2, -0.15) is 0 Å². The predicted molar refractivity (Wildman–Crippen MR) is 102 cm³/mol. The van der Waals surface area contributed by atoms with Crippen molar-refractivity contribution in [1.82, 2.24) is 0 Å². The number of hydrogen-bond donors (Lipinski definition) is 4. The molecule has 0 aromatic rings. The molecule has 0 aromatic carbocycles. The Morgan fingerprint density at radius 1 is 1.00 bits per heavy atom. The van der Waals surface area contributed by atoms with E-state index in [9.17, 15) is 25.2 Å². The van der Waals surface area contributed by atoms with E-state index in [1.165, 1.54) is 0 Å². The van der Waals surface area contributed by atoms with Gasteiger partial charge in [0.15, 0.2) is 5.78 Å². The van der Waals surface area contributed by atoms with Gasteiger partial charge in [0.05, 0.1) is 6.61 Å². The van der Waals surface area contributed by atoms with Gasteiger partial charge in [-0.15, -0.1) is 0 Å². The minimum Gasteiger partial charge on any atom is -0.394 e. The molecular weight excluding hydrogens is 348 g/mol. The number of hydrogen-bond acceptors (Lipinski definition) is 6. The van der Waals surface area contributed by atoms with Gasteiger partial charge in [-0.25, -0.2) is 0 Å². The number of aliphatic hydroxyl groups excluding tert-OH is 4. The van der Waals surface area contributed by atoms with Crippen LogP contribution in [0.5, 0.6) is 0 Å². The zero-order chi connectivity index (χ0) is 20.0. The summed E-state index contributed by atoms with van der Waals surface area (Å²) >= 11 is 0. The number of carbonyl (C=O) groups is 1. The second kappa shape index (κ2) is 10.7. The van der Waals surface area contributed by atoms with Crippen molar-refractivity contribution in [1.29, 1.82) is 0 Å². The van der Waals surface area contributed by atoms with Gasteiger partial charge in [0, 0.05) is 12.0 Å². The van der Waals surface area contributed by atoms with Crippen molar-refractivity contribution in [2.24, 2.45) is 11.8 Å². The van der Waals surface area contributed by atoms with Gasteiger partial charge >= 0.3 is 0 Å². The molecule has 7 atom stereocenters. The maximum Gasteiger partial charge on any atom is 0.161 e. The normalized spacial score (nSPS) is 37.3. The van der Waals surface area contributed by atoms with Gasteiger partial charge in [-0.3, -0.25) is 4.79 Å². The van der Waals surface area contributed by atoms with Crippen LogP contribution >= 0.6 is 0 Å². The van der Waals surface area contributed by atoms with Crippen molar-refractivity contribution in [2.45, 2.75) is 95.7 Å². The summed E-state index contributed by atoms with van der Waals surface area (Å²) in [4.78, 5) is 12.8. The van der Waals surface area contributed by atoms with Crippen LogP contribution < -0.4 is 0 Å². The van der Waals surface area contributed by atoms with Crippen LogP contribution in [0.4, 0.5) is 0 Å². The maximum absolute atomic E-state index is 12.8. The Kier molecular flexibility index (Phi) is 8.89. The van der Waals surface area contributed by atoms with Crippen LogP contribution in [-0.2, 0) is 9.53 Å². The third kappa shape index (κ3) is 5.39. The highest BCUT2D eigenvalue weighted by molar-refractivity contribution is 5.97. The number of ether oxygens (including phenoxy) is 1. The van der Waals surface area contributed by atoms with E-state index >= 15 is 0 Å². The smallest absolute Gasteiger partial charge is 0.161 e. The van der Waals surface area contributed by atoms with Crippen molar-refractivity contribution in [3.8, 4) is 0 Å². The first-order valence-electron chi connectivity index (χ1n) is 10.5. The highest BCUT2D eigenvalue weighted by atomic mass is 16.5. The van der Waals surface area contributed by atoms with Gasteiger partial charge in [-0.05, 0) is 24.7 Å². The van der Waals surface area contributed by atoms with Gasteiger partial charge < -0.3 is 25.2 Å². The lowest BCUT2D eigenvalue weighted by molar-refractivity contribution is -0.220. The lowest BCUT2D eigenvalue weighted by Crippen LogP contribution is -2.59. The molecule has 4 N–H and O–H groups in total. The van der Waals surface area contributed by atoms with Crippen molar-refractivity contribution >= 4 is 5.78 Å². The number of carbonyl (C=O) groups excluding carboxylic acids is 1. The standard InChI is InChI=1S/C21H36O6/c1-3-5-7-9-14-11-16(23)15(10-13(14)8-6-4-2)21-20(26)19(25)18(24)17(12-22)27-21/h10,13-14,17-22,24-26H,3-9,11-12H2,1-2H3/t13?,14?,17-,18-,19+,20-,21+/m1/s1. The van der Waals surface area contributed by atoms with Crippen molar-refractivity contribution < 1.29 is 30.0 Å². The van der Waals surface area contributed by atoms with Gasteiger partial charge in [0.1, 0.15) is 30.5 Å². The number of rotatable bonds is 9. The second-order valence-electron chi connectivity index (χ2n) is 8.06. The number of unbranched alkanes of at least 4 members (excludes halogenated alkanes) is 3. The van der Waals surface area contributed by atoms with Crippen LogP contribution in [0.3, 0.4) is 0 Å². The lowest BCUT2D eigenvalue weighted by Gasteiger charge is -2.42. The van der Waals surface area contributed by atoms with Gasteiger partial charge in [-0.1, -0.05) is 52.0 Å². The van der Waals surface area contributed by atoms with Crippen LogP contribution in [0.15, 0.2) is 11.6 Å². The molecule has 27 heavy (non-hydrogen) atoms. The first-order valence-corrected chi connectivity index (χ1v) is 10.5. The Morgan fingerprint density at radius 2 is 1.70 bits per heavy atom. The van der Waals surface area contributed by atoms with Crippen LogP contribution in [0, 0.1) is 11.8 Å². The first-order chi connectivity index (χ1) is 12.9. The summed E-state index contributed by atoms with van der Waals surface area (Å²) in [6.07, 6.45) is 3.70. The molecule has 2 unspecified atom stereocenters. The monoisotopic (exact) mass is 384 g/mol. The largest absolute Gasteiger partial charge is 0.394 e. The molecule has 1 aliphatic heterocycles. The first kappa shape index (κ1) is 22.5. The van der Waals surface area contributed by atoms with E-state index in [-0.39, 0.29) is 11.7 Å². The third-order valence-corrected chi connectivity index (χ3v) is 6.04. The Labute approximate surface area is 162 Å². The second-order valence-corrected chi connectivity index (χ2v) is 8.06. The van der Waals surface area contributed by atoms with Crippen LogP contribution in [0.25, 0.3) is 0 Å². The summed E-state index contributed by atoms with van der Waals surface area (Å²) < 4.78 is 5.63. The average molecular weight is 385 g/mol. The SMILES string of the molecule is CCCCCC1CC(=O)C([C@@H]2O[C@H](CO)[C@@H](O)[C@H](O)[C@H]2O)=CC1CCCC. The Morgan fingerprint density at radius 3 is 2.33 bits per heavy atom. The van der Waals surface area contributed by atoms with E-state index in [0.29, 0.717) is 17.9 Å². The van der Waals surface area contributed by atoms with E-state index in [1.807, 2.05) is 6.08 Å². The Hall–Kier alpha value is -0.790. The highest BCUT2D eigenvalue weighted by Gasteiger charge is 2.47. The van der Waals surface area contributed by atoms with Crippen molar-refractivity contribution in [3.63, 3.8) is 0 Å². The van der Waals surface area contributed by atoms with E-state index in [4.69, 9.17) is 4.74 Å². The topological polar surface area (TPSA) is 107 Å². The Balaban J connectivity index is 2.21. The van der Waals surface area contributed by atoms with Gasteiger partial charge in [0.25, 0.3) is 0 Å². The molecule has 2 rings (SSSR count). The zero-order valence-electron chi connectivity index (χ0n) is 16.6. The lowest BCUT2D eigenvalue weighted by atomic mass is 9.73. The molecule has 6 nitrogen and oxygen atoms in total. The fourth-order valence-corrected chi connectivity index (χ4v) is 4.31. The molecule has 2 aliphatic rings. The average Bonchev–Trinajstić information content (AvgIpc) is 2.66. The maximum atomic E-state index is 12.8. The van der Waals surface area contributed by atoms with Crippen LogP contribution in [0.2, 0.25) is 0 Å². The Bertz CT molecular complexity index is 503. The highest BCUT2D eigenvalue weighted by Crippen LogP contribution is 2.37. The summed E-state index contributed by atoms with van der Waals surface area (Å²) in [5, 5.41) is 39.8. The minimum absolute atomic E-state index is 0.0615. The quantitative estimate of drug-likeness (QED) is 0.451. The van der Waals surface area contributed by atoms with Crippen LogP contribution in [0.1, 0.15) is 65.2 Å². The van der Waals surface area contributed by atoms with E-state index in [0.717, 1.165) is 44.9 Å². The number of ketones is 1. The number of Topliss-reactive ketones (excluding diaryl/α,β-unsaturated/α-hetero) is 1. The summed E-state index contributed by atoms with van der Waals surface area (Å²) in [6.45, 7) is 3.82. The molecule has 1 fully saturated rings. The molecule has 0 radical (unpaired) electrons. The zero-order valence-corrected chi connectivity index (χ0v) is 16.6.